The van der Waals surface area contributed by atoms with E-state index in [1.807, 2.05) is 84.4 Å². The highest BCUT2D eigenvalue weighted by atomic mass is 16.2. The summed E-state index contributed by atoms with van der Waals surface area (Å²) < 4.78 is 1.83. The molecule has 0 atom stereocenters. The third-order valence-electron chi connectivity index (χ3n) is 5.38. The number of para-hydroxylation sites is 2. The second kappa shape index (κ2) is 7.92. The number of fused-ring (bicyclic) bond motifs is 1. The lowest BCUT2D eigenvalue weighted by Crippen LogP contribution is -2.13. The Bertz CT molecular complexity index is 1390. The highest BCUT2D eigenvalue weighted by Crippen LogP contribution is 2.28. The Balaban J connectivity index is 1.60. The van der Waals surface area contributed by atoms with Crippen LogP contribution in [0.2, 0.25) is 0 Å². The average molecular weight is 403 g/mol. The molecule has 1 aromatic heterocycles. The van der Waals surface area contributed by atoms with E-state index in [4.69, 9.17) is 0 Å². The Morgan fingerprint density at radius 3 is 2.29 bits per heavy atom. The van der Waals surface area contributed by atoms with Crippen LogP contribution in [0, 0.1) is 6.92 Å². The molecule has 0 saturated heterocycles. The molecular weight excluding hydrogens is 382 g/mol. The molecule has 0 radical (unpaired) electrons. The number of carbonyl (C=O) groups excluding carboxylic acids is 1. The van der Waals surface area contributed by atoms with Crippen molar-refractivity contribution in [2.24, 2.45) is 0 Å². The number of anilines is 1. The topological polar surface area (TPSA) is 46.9 Å². The Hall–Kier alpha value is -4.18. The smallest absolute Gasteiger partial charge is 0.276 e. The molecule has 0 aliphatic carbocycles. The maximum Gasteiger partial charge on any atom is 0.276 e. The first kappa shape index (κ1) is 18.8. The monoisotopic (exact) mass is 403 g/mol. The summed E-state index contributed by atoms with van der Waals surface area (Å²) in [6, 6.07) is 34.0. The molecule has 0 unspecified atom stereocenters. The molecule has 0 bridgehead atoms. The number of hydrogen-bond donors (Lipinski definition) is 1. The standard InChI is InChI=1S/C27H21N3O/c1-19-9-5-8-14-24(19)28-27(31)25-18-26(30(29-25)23-12-3-2-4-13-23)22-16-15-20-10-6-7-11-21(20)17-22/h2-18H,1H3,(H,28,31). The van der Waals surface area contributed by atoms with E-state index in [0.29, 0.717) is 5.69 Å². The SMILES string of the molecule is Cc1ccccc1NC(=O)c1cc(-c2ccc3ccccc3c2)n(-c2ccccc2)n1. The first-order chi connectivity index (χ1) is 15.2. The fraction of sp³-hybridized carbons (Fsp3) is 0.0370. The van der Waals surface area contributed by atoms with Crippen LogP contribution in [0.15, 0.2) is 103 Å². The molecule has 1 amide bonds. The second-order valence-corrected chi connectivity index (χ2v) is 7.49. The van der Waals surface area contributed by atoms with E-state index >= 15 is 0 Å². The molecule has 0 saturated carbocycles. The van der Waals surface area contributed by atoms with Crippen LogP contribution in [-0.2, 0) is 0 Å². The molecule has 0 fully saturated rings. The zero-order chi connectivity index (χ0) is 21.2. The van der Waals surface area contributed by atoms with E-state index in [1.54, 1.807) is 0 Å². The molecule has 31 heavy (non-hydrogen) atoms. The van der Waals surface area contributed by atoms with Crippen LogP contribution in [0.1, 0.15) is 16.1 Å². The maximum atomic E-state index is 13.0. The fourth-order valence-electron chi connectivity index (χ4n) is 3.71. The van der Waals surface area contributed by atoms with Gasteiger partial charge in [-0.2, -0.15) is 5.10 Å². The second-order valence-electron chi connectivity index (χ2n) is 7.49. The first-order valence-corrected chi connectivity index (χ1v) is 10.2. The van der Waals surface area contributed by atoms with Gasteiger partial charge in [0.05, 0.1) is 11.4 Å². The summed E-state index contributed by atoms with van der Waals surface area (Å²) in [4.78, 5) is 13.0. The van der Waals surface area contributed by atoms with Crippen LogP contribution in [0.4, 0.5) is 5.69 Å². The quantitative estimate of drug-likeness (QED) is 0.385. The molecule has 0 aliphatic rings. The zero-order valence-electron chi connectivity index (χ0n) is 17.1. The van der Waals surface area contributed by atoms with Crippen LogP contribution >= 0.6 is 0 Å². The summed E-state index contributed by atoms with van der Waals surface area (Å²) in [6.45, 7) is 1.97. The third kappa shape index (κ3) is 3.71. The van der Waals surface area contributed by atoms with Crippen molar-refractivity contribution in [1.82, 2.24) is 9.78 Å². The Labute approximate surface area is 180 Å². The molecule has 1 heterocycles. The Kier molecular flexibility index (Phi) is 4.81. The number of amides is 1. The first-order valence-electron chi connectivity index (χ1n) is 10.2. The van der Waals surface area contributed by atoms with Crippen molar-refractivity contribution >= 4 is 22.4 Å². The summed E-state index contributed by atoms with van der Waals surface area (Å²) in [5, 5.41) is 9.97. The van der Waals surface area contributed by atoms with Gasteiger partial charge in [-0.1, -0.05) is 72.8 Å². The van der Waals surface area contributed by atoms with Crippen LogP contribution in [0.25, 0.3) is 27.7 Å². The Morgan fingerprint density at radius 1 is 0.774 bits per heavy atom. The molecular formula is C27H21N3O. The molecule has 1 N–H and O–H groups in total. The number of nitrogens with zero attached hydrogens (tertiary/aromatic N) is 2. The van der Waals surface area contributed by atoms with Gasteiger partial charge in [-0.3, -0.25) is 4.79 Å². The van der Waals surface area contributed by atoms with Crippen molar-refractivity contribution in [3.63, 3.8) is 0 Å². The normalized spacial score (nSPS) is 10.9. The van der Waals surface area contributed by atoms with Crippen molar-refractivity contribution in [3.05, 3.63) is 114 Å². The van der Waals surface area contributed by atoms with Gasteiger partial charge in [-0.05, 0) is 53.6 Å². The number of rotatable bonds is 4. The predicted molar refractivity (Wildman–Crippen MR) is 126 cm³/mol. The van der Waals surface area contributed by atoms with E-state index < -0.39 is 0 Å². The van der Waals surface area contributed by atoms with Gasteiger partial charge in [-0.15, -0.1) is 0 Å². The molecule has 150 valence electrons. The number of hydrogen-bond acceptors (Lipinski definition) is 2. The summed E-state index contributed by atoms with van der Waals surface area (Å²) in [7, 11) is 0. The predicted octanol–water partition coefficient (Wildman–Crippen LogP) is 6.25. The van der Waals surface area contributed by atoms with Crippen molar-refractivity contribution in [1.29, 1.82) is 0 Å². The third-order valence-corrected chi connectivity index (χ3v) is 5.38. The zero-order valence-corrected chi connectivity index (χ0v) is 17.1. The molecule has 4 aromatic carbocycles. The summed E-state index contributed by atoms with van der Waals surface area (Å²) in [6.07, 6.45) is 0. The van der Waals surface area contributed by atoms with Gasteiger partial charge in [0, 0.05) is 11.3 Å². The van der Waals surface area contributed by atoms with Gasteiger partial charge in [0.15, 0.2) is 5.69 Å². The number of benzene rings is 4. The number of aromatic nitrogens is 2. The largest absolute Gasteiger partial charge is 0.320 e. The minimum Gasteiger partial charge on any atom is -0.320 e. The lowest BCUT2D eigenvalue weighted by molar-refractivity contribution is 0.102. The molecule has 0 aliphatic heterocycles. The fourth-order valence-corrected chi connectivity index (χ4v) is 3.71. The van der Waals surface area contributed by atoms with Crippen molar-refractivity contribution < 1.29 is 4.79 Å². The van der Waals surface area contributed by atoms with E-state index in [2.05, 4.69) is 40.7 Å². The van der Waals surface area contributed by atoms with Gasteiger partial charge in [0.2, 0.25) is 0 Å². The average Bonchev–Trinajstić information content (AvgIpc) is 3.27. The van der Waals surface area contributed by atoms with Gasteiger partial charge in [0.1, 0.15) is 0 Å². The lowest BCUT2D eigenvalue weighted by atomic mass is 10.0. The molecule has 5 aromatic rings. The van der Waals surface area contributed by atoms with E-state index in [-0.39, 0.29) is 5.91 Å². The van der Waals surface area contributed by atoms with Crippen molar-refractivity contribution in [2.75, 3.05) is 5.32 Å². The van der Waals surface area contributed by atoms with Gasteiger partial charge >= 0.3 is 0 Å². The number of aryl methyl sites for hydroxylation is 1. The molecule has 5 rings (SSSR count). The van der Waals surface area contributed by atoms with Gasteiger partial charge < -0.3 is 5.32 Å². The minimum absolute atomic E-state index is 0.231. The maximum absolute atomic E-state index is 13.0. The van der Waals surface area contributed by atoms with Gasteiger partial charge in [-0.25, -0.2) is 4.68 Å². The highest BCUT2D eigenvalue weighted by Gasteiger charge is 2.17. The van der Waals surface area contributed by atoms with Crippen molar-refractivity contribution in [3.8, 4) is 16.9 Å². The molecule has 0 spiro atoms. The summed E-state index contributed by atoms with van der Waals surface area (Å²) in [5.74, 6) is -0.231. The van der Waals surface area contributed by atoms with Crippen molar-refractivity contribution in [2.45, 2.75) is 6.92 Å². The van der Waals surface area contributed by atoms with Gasteiger partial charge in [0.25, 0.3) is 5.91 Å². The van der Waals surface area contributed by atoms with Crippen LogP contribution < -0.4 is 5.32 Å². The summed E-state index contributed by atoms with van der Waals surface area (Å²) in [5.41, 5.74) is 4.94. The number of carbonyl (C=O) groups is 1. The highest BCUT2D eigenvalue weighted by molar-refractivity contribution is 6.04. The number of nitrogens with one attached hydrogen (secondary N) is 1. The molecule has 4 heteroatoms. The Morgan fingerprint density at radius 2 is 1.48 bits per heavy atom. The van der Waals surface area contributed by atoms with E-state index in [0.717, 1.165) is 33.6 Å². The lowest BCUT2D eigenvalue weighted by Gasteiger charge is -2.08. The van der Waals surface area contributed by atoms with Crippen LogP contribution in [0.3, 0.4) is 0 Å². The van der Waals surface area contributed by atoms with Crippen LogP contribution in [0.5, 0.6) is 0 Å². The minimum atomic E-state index is -0.231. The van der Waals surface area contributed by atoms with Crippen LogP contribution in [-0.4, -0.2) is 15.7 Å². The molecule has 4 nitrogen and oxygen atoms in total. The van der Waals surface area contributed by atoms with E-state index in [1.165, 1.54) is 5.39 Å². The summed E-state index contributed by atoms with van der Waals surface area (Å²) >= 11 is 0. The van der Waals surface area contributed by atoms with E-state index in [9.17, 15) is 4.79 Å².